The predicted molar refractivity (Wildman–Crippen MR) is 105 cm³/mol. The van der Waals surface area contributed by atoms with Crippen molar-refractivity contribution >= 4 is 10.9 Å². The lowest BCUT2D eigenvalue weighted by atomic mass is 9.79. The average Bonchev–Trinajstić information content (AvgIpc) is 2.57. The standard InChI is InChI=1S/C20H29N3O4/c1-19(2)9-12(10-20(3,4)22-19)23-11-21-15-13(18(23)24)8-14(25-5)16(26-6)17(15)27-7/h8,11-12,22H,9-10H2,1-7H3. The van der Waals surface area contributed by atoms with E-state index in [2.05, 4.69) is 38.0 Å². The van der Waals surface area contributed by atoms with E-state index < -0.39 is 0 Å². The monoisotopic (exact) mass is 375 g/mol. The molecule has 1 saturated heterocycles. The van der Waals surface area contributed by atoms with Crippen molar-refractivity contribution in [2.24, 2.45) is 0 Å². The van der Waals surface area contributed by atoms with Crippen LogP contribution in [0.4, 0.5) is 0 Å². The molecule has 7 heteroatoms. The number of rotatable bonds is 4. The van der Waals surface area contributed by atoms with Crippen LogP contribution >= 0.6 is 0 Å². The highest BCUT2D eigenvalue weighted by molar-refractivity contribution is 5.89. The second-order valence-electron chi connectivity index (χ2n) is 8.45. The zero-order chi connectivity index (χ0) is 20.0. The molecule has 1 aliphatic heterocycles. The summed E-state index contributed by atoms with van der Waals surface area (Å²) in [5, 5.41) is 4.11. The Morgan fingerprint density at radius 2 is 1.63 bits per heavy atom. The molecular formula is C20H29N3O4. The van der Waals surface area contributed by atoms with Crippen LogP contribution < -0.4 is 25.1 Å². The first-order chi connectivity index (χ1) is 12.6. The molecule has 148 valence electrons. The molecule has 0 atom stereocenters. The second-order valence-corrected chi connectivity index (χ2v) is 8.45. The Morgan fingerprint density at radius 1 is 1.04 bits per heavy atom. The fraction of sp³-hybridized carbons (Fsp3) is 0.600. The lowest BCUT2D eigenvalue weighted by Gasteiger charge is -2.46. The molecular weight excluding hydrogens is 346 g/mol. The number of nitrogens with one attached hydrogen (secondary N) is 1. The maximum atomic E-state index is 13.3. The molecule has 1 fully saturated rings. The van der Waals surface area contributed by atoms with Gasteiger partial charge in [0.15, 0.2) is 11.5 Å². The van der Waals surface area contributed by atoms with Gasteiger partial charge < -0.3 is 19.5 Å². The molecule has 0 radical (unpaired) electrons. The Morgan fingerprint density at radius 3 is 2.15 bits per heavy atom. The molecule has 1 aromatic heterocycles. The van der Waals surface area contributed by atoms with E-state index in [0.717, 1.165) is 12.8 Å². The van der Waals surface area contributed by atoms with Gasteiger partial charge in [0.05, 0.1) is 33.0 Å². The highest BCUT2D eigenvalue weighted by Gasteiger charge is 2.39. The van der Waals surface area contributed by atoms with Gasteiger partial charge in [-0.3, -0.25) is 9.36 Å². The summed E-state index contributed by atoms with van der Waals surface area (Å²) in [4.78, 5) is 17.9. The Balaban J connectivity index is 2.20. The summed E-state index contributed by atoms with van der Waals surface area (Å²) in [7, 11) is 4.60. The third kappa shape index (κ3) is 3.48. The number of aromatic nitrogens is 2. The molecule has 0 unspecified atom stereocenters. The van der Waals surface area contributed by atoms with E-state index in [0.29, 0.717) is 28.2 Å². The molecule has 0 spiro atoms. The van der Waals surface area contributed by atoms with Crippen LogP contribution in [0.25, 0.3) is 10.9 Å². The van der Waals surface area contributed by atoms with E-state index >= 15 is 0 Å². The SMILES string of the molecule is COc1cc2c(=O)n(C3CC(C)(C)NC(C)(C)C3)cnc2c(OC)c1OC. The first-order valence-corrected chi connectivity index (χ1v) is 9.11. The maximum Gasteiger partial charge on any atom is 0.261 e. The molecule has 2 heterocycles. The average molecular weight is 375 g/mol. The van der Waals surface area contributed by atoms with Crippen molar-refractivity contribution in [3.63, 3.8) is 0 Å². The molecule has 0 amide bonds. The zero-order valence-corrected chi connectivity index (χ0v) is 17.2. The van der Waals surface area contributed by atoms with Crippen molar-refractivity contribution in [2.45, 2.75) is 57.7 Å². The van der Waals surface area contributed by atoms with Crippen LogP contribution in [-0.4, -0.2) is 42.0 Å². The molecule has 7 nitrogen and oxygen atoms in total. The van der Waals surface area contributed by atoms with Crippen LogP contribution in [0, 0.1) is 0 Å². The predicted octanol–water partition coefficient (Wildman–Crippen LogP) is 2.90. The van der Waals surface area contributed by atoms with E-state index in [1.54, 1.807) is 17.0 Å². The normalized spacial score (nSPS) is 19.1. The number of piperidine rings is 1. The molecule has 3 rings (SSSR count). The largest absolute Gasteiger partial charge is 0.493 e. The first-order valence-electron chi connectivity index (χ1n) is 9.11. The summed E-state index contributed by atoms with van der Waals surface area (Å²) in [6.07, 6.45) is 3.31. The lowest BCUT2D eigenvalue weighted by molar-refractivity contribution is 0.130. The van der Waals surface area contributed by atoms with Gasteiger partial charge in [0.25, 0.3) is 5.56 Å². The highest BCUT2D eigenvalue weighted by Crippen LogP contribution is 2.42. The van der Waals surface area contributed by atoms with Gasteiger partial charge >= 0.3 is 0 Å². The van der Waals surface area contributed by atoms with Crippen molar-refractivity contribution in [2.75, 3.05) is 21.3 Å². The van der Waals surface area contributed by atoms with Gasteiger partial charge in [-0.1, -0.05) is 0 Å². The van der Waals surface area contributed by atoms with E-state index in [-0.39, 0.29) is 22.7 Å². The summed E-state index contributed by atoms with van der Waals surface area (Å²) < 4.78 is 18.0. The molecule has 27 heavy (non-hydrogen) atoms. The van der Waals surface area contributed by atoms with Crippen LogP contribution in [0.3, 0.4) is 0 Å². The topological polar surface area (TPSA) is 74.6 Å². The lowest BCUT2D eigenvalue weighted by Crippen LogP contribution is -2.58. The van der Waals surface area contributed by atoms with Gasteiger partial charge in [-0.05, 0) is 46.6 Å². The number of nitrogens with zero attached hydrogens (tertiary/aromatic N) is 2. The fourth-order valence-electron chi connectivity index (χ4n) is 4.47. The highest BCUT2D eigenvalue weighted by atomic mass is 16.5. The van der Waals surface area contributed by atoms with Crippen molar-refractivity contribution in [3.8, 4) is 17.2 Å². The summed E-state index contributed by atoms with van der Waals surface area (Å²) >= 11 is 0. The minimum atomic E-state index is -0.0993. The molecule has 1 aromatic carbocycles. The van der Waals surface area contributed by atoms with Gasteiger partial charge in [0, 0.05) is 17.1 Å². The second kappa shape index (κ2) is 6.71. The Bertz CT molecular complexity index is 902. The minimum Gasteiger partial charge on any atom is -0.493 e. The number of hydrogen-bond acceptors (Lipinski definition) is 6. The smallest absolute Gasteiger partial charge is 0.261 e. The number of ether oxygens (including phenoxy) is 3. The Labute approximate surface area is 159 Å². The quantitative estimate of drug-likeness (QED) is 0.886. The summed E-state index contributed by atoms with van der Waals surface area (Å²) in [5.74, 6) is 1.29. The third-order valence-corrected chi connectivity index (χ3v) is 5.14. The maximum absolute atomic E-state index is 13.3. The summed E-state index contributed by atoms with van der Waals surface area (Å²) in [5.41, 5.74) is 0.230. The van der Waals surface area contributed by atoms with E-state index in [1.165, 1.54) is 21.3 Å². The van der Waals surface area contributed by atoms with Gasteiger partial charge in [-0.2, -0.15) is 0 Å². The van der Waals surface area contributed by atoms with Crippen LogP contribution in [0.15, 0.2) is 17.2 Å². The Kier molecular flexibility index (Phi) is 4.84. The third-order valence-electron chi connectivity index (χ3n) is 5.14. The molecule has 1 aliphatic rings. The number of hydrogen-bond donors (Lipinski definition) is 1. The van der Waals surface area contributed by atoms with Crippen LogP contribution in [0.1, 0.15) is 46.6 Å². The van der Waals surface area contributed by atoms with Crippen LogP contribution in [-0.2, 0) is 0 Å². The fourth-order valence-corrected chi connectivity index (χ4v) is 4.47. The van der Waals surface area contributed by atoms with Gasteiger partial charge in [-0.15, -0.1) is 0 Å². The Hall–Kier alpha value is -2.28. The zero-order valence-electron chi connectivity index (χ0n) is 17.2. The van der Waals surface area contributed by atoms with Gasteiger partial charge in [-0.25, -0.2) is 4.98 Å². The van der Waals surface area contributed by atoms with Gasteiger partial charge in [0.1, 0.15) is 5.52 Å². The summed E-state index contributed by atoms with van der Waals surface area (Å²) in [6, 6.07) is 1.74. The van der Waals surface area contributed by atoms with Crippen LogP contribution in [0.5, 0.6) is 17.2 Å². The molecule has 2 aromatic rings. The van der Waals surface area contributed by atoms with Crippen molar-refractivity contribution in [3.05, 3.63) is 22.7 Å². The number of benzene rings is 1. The van der Waals surface area contributed by atoms with Gasteiger partial charge in [0.2, 0.25) is 5.75 Å². The number of methoxy groups -OCH3 is 3. The van der Waals surface area contributed by atoms with Crippen molar-refractivity contribution in [1.82, 2.24) is 14.9 Å². The van der Waals surface area contributed by atoms with E-state index in [4.69, 9.17) is 14.2 Å². The van der Waals surface area contributed by atoms with Crippen molar-refractivity contribution in [1.29, 1.82) is 0 Å². The number of fused-ring (bicyclic) bond motifs is 1. The van der Waals surface area contributed by atoms with E-state index in [9.17, 15) is 4.79 Å². The van der Waals surface area contributed by atoms with E-state index in [1.807, 2.05) is 0 Å². The van der Waals surface area contributed by atoms with Crippen molar-refractivity contribution < 1.29 is 14.2 Å². The first kappa shape index (κ1) is 19.5. The molecule has 0 aliphatic carbocycles. The minimum absolute atomic E-state index is 0.0553. The molecule has 0 saturated carbocycles. The van der Waals surface area contributed by atoms with Crippen LogP contribution in [0.2, 0.25) is 0 Å². The molecule has 1 N–H and O–H groups in total. The molecule has 0 bridgehead atoms. The summed E-state index contributed by atoms with van der Waals surface area (Å²) in [6.45, 7) is 8.66.